The van der Waals surface area contributed by atoms with E-state index in [1.54, 1.807) is 25.1 Å². The number of fused-ring (bicyclic) bond motifs is 1. The van der Waals surface area contributed by atoms with Crippen LogP contribution in [0, 0.1) is 0 Å². The Kier molecular flexibility index (Phi) is 4.49. The van der Waals surface area contributed by atoms with E-state index in [4.69, 9.17) is 9.47 Å². The number of rotatable bonds is 4. The minimum absolute atomic E-state index is 0.239. The van der Waals surface area contributed by atoms with Gasteiger partial charge in [-0.25, -0.2) is 4.79 Å². The summed E-state index contributed by atoms with van der Waals surface area (Å²) in [7, 11) is 0. The summed E-state index contributed by atoms with van der Waals surface area (Å²) in [5.41, 5.74) is 1.68. The summed E-state index contributed by atoms with van der Waals surface area (Å²) in [5, 5.41) is 2.84. The first-order valence-corrected chi connectivity index (χ1v) is 9.51. The van der Waals surface area contributed by atoms with Crippen LogP contribution in [0.2, 0.25) is 0 Å². The number of urea groups is 1. The van der Waals surface area contributed by atoms with Crippen molar-refractivity contribution < 1.29 is 19.1 Å². The fourth-order valence-corrected chi connectivity index (χ4v) is 3.58. The van der Waals surface area contributed by atoms with Crippen LogP contribution in [0.5, 0.6) is 11.5 Å². The number of carbonyl (C=O) groups is 2. The molecule has 0 aliphatic carbocycles. The van der Waals surface area contributed by atoms with Crippen molar-refractivity contribution in [3.63, 3.8) is 0 Å². The molecule has 0 aromatic heterocycles. The first kappa shape index (κ1) is 18.3. The fraction of sp³-hybridized carbons (Fsp3) is 0.364. The van der Waals surface area contributed by atoms with Crippen molar-refractivity contribution in [3.05, 3.63) is 59.2 Å². The van der Waals surface area contributed by atoms with Gasteiger partial charge in [-0.3, -0.25) is 9.69 Å². The molecule has 2 aliphatic heterocycles. The molecule has 1 atom stereocenters. The van der Waals surface area contributed by atoms with E-state index in [9.17, 15) is 9.59 Å². The molecule has 3 amide bonds. The average Bonchev–Trinajstić information content (AvgIpc) is 2.92. The molecule has 6 nitrogen and oxygen atoms in total. The minimum Gasteiger partial charge on any atom is -0.486 e. The van der Waals surface area contributed by atoms with Gasteiger partial charge in [-0.05, 0) is 41.7 Å². The Bertz CT molecular complexity index is 923. The van der Waals surface area contributed by atoms with Crippen LogP contribution in [0.1, 0.15) is 43.4 Å². The summed E-state index contributed by atoms with van der Waals surface area (Å²) in [4.78, 5) is 27.0. The molecule has 0 radical (unpaired) electrons. The van der Waals surface area contributed by atoms with Gasteiger partial charge in [-0.15, -0.1) is 0 Å². The van der Waals surface area contributed by atoms with Crippen LogP contribution < -0.4 is 14.8 Å². The summed E-state index contributed by atoms with van der Waals surface area (Å²) in [6, 6.07) is 13.0. The Morgan fingerprint density at radius 2 is 1.71 bits per heavy atom. The second kappa shape index (κ2) is 6.86. The Morgan fingerprint density at radius 1 is 1.04 bits per heavy atom. The maximum Gasteiger partial charge on any atom is 0.325 e. The zero-order valence-corrected chi connectivity index (χ0v) is 16.3. The van der Waals surface area contributed by atoms with Gasteiger partial charge in [0.25, 0.3) is 5.91 Å². The van der Waals surface area contributed by atoms with E-state index in [0.29, 0.717) is 36.2 Å². The summed E-state index contributed by atoms with van der Waals surface area (Å²) in [5.74, 6) is 1.40. The van der Waals surface area contributed by atoms with E-state index in [2.05, 4.69) is 19.2 Å². The van der Waals surface area contributed by atoms with E-state index < -0.39 is 11.6 Å². The normalized spacial score (nSPS) is 21.2. The number of hydrogen-bond acceptors (Lipinski definition) is 4. The van der Waals surface area contributed by atoms with Crippen LogP contribution in [0.15, 0.2) is 42.5 Å². The summed E-state index contributed by atoms with van der Waals surface area (Å²) < 4.78 is 11.2. The Hall–Kier alpha value is -3.02. The molecule has 2 aliphatic rings. The van der Waals surface area contributed by atoms with Gasteiger partial charge in [-0.1, -0.05) is 44.2 Å². The number of nitrogens with one attached hydrogen (secondary N) is 1. The predicted molar refractivity (Wildman–Crippen MR) is 104 cm³/mol. The van der Waals surface area contributed by atoms with E-state index in [1.807, 2.05) is 24.3 Å². The van der Waals surface area contributed by atoms with Crippen molar-refractivity contribution in [2.45, 2.75) is 38.8 Å². The average molecular weight is 380 g/mol. The van der Waals surface area contributed by atoms with Crippen LogP contribution in [-0.4, -0.2) is 30.1 Å². The predicted octanol–water partition coefficient (Wildman–Crippen LogP) is 3.55. The highest BCUT2D eigenvalue weighted by Gasteiger charge is 2.49. The molecule has 146 valence electrons. The van der Waals surface area contributed by atoms with Gasteiger partial charge in [0.1, 0.15) is 18.8 Å². The van der Waals surface area contributed by atoms with Crippen LogP contribution in [0.3, 0.4) is 0 Å². The third-order valence-electron chi connectivity index (χ3n) is 5.38. The third kappa shape index (κ3) is 3.09. The zero-order chi connectivity index (χ0) is 19.9. The van der Waals surface area contributed by atoms with E-state index in [0.717, 1.165) is 5.56 Å². The van der Waals surface area contributed by atoms with Gasteiger partial charge in [-0.2, -0.15) is 0 Å². The second-order valence-corrected chi connectivity index (χ2v) is 7.70. The monoisotopic (exact) mass is 380 g/mol. The number of carbonyl (C=O) groups excluding carboxylic acids is 2. The van der Waals surface area contributed by atoms with Crippen LogP contribution in [0.25, 0.3) is 0 Å². The number of ether oxygens (including phenoxy) is 2. The first-order valence-electron chi connectivity index (χ1n) is 9.51. The van der Waals surface area contributed by atoms with Crippen LogP contribution in [0.4, 0.5) is 4.79 Å². The molecule has 1 fully saturated rings. The Labute approximate surface area is 164 Å². The lowest BCUT2D eigenvalue weighted by atomic mass is 9.91. The van der Waals surface area contributed by atoms with Crippen LogP contribution in [-0.2, 0) is 16.9 Å². The molecule has 1 saturated heterocycles. The quantitative estimate of drug-likeness (QED) is 0.824. The van der Waals surface area contributed by atoms with Gasteiger partial charge in [0.05, 0.1) is 6.54 Å². The number of nitrogens with zero attached hydrogens (tertiary/aromatic N) is 1. The van der Waals surface area contributed by atoms with Crippen molar-refractivity contribution in [3.8, 4) is 11.5 Å². The maximum atomic E-state index is 13.2. The molecule has 2 aromatic rings. The molecule has 28 heavy (non-hydrogen) atoms. The highest BCUT2D eigenvalue weighted by atomic mass is 16.6. The third-order valence-corrected chi connectivity index (χ3v) is 5.38. The van der Waals surface area contributed by atoms with Crippen molar-refractivity contribution >= 4 is 11.9 Å². The molecule has 2 aromatic carbocycles. The largest absolute Gasteiger partial charge is 0.486 e. The lowest BCUT2D eigenvalue weighted by Crippen LogP contribution is -2.41. The van der Waals surface area contributed by atoms with Gasteiger partial charge in [0.15, 0.2) is 11.5 Å². The van der Waals surface area contributed by atoms with E-state index >= 15 is 0 Å². The molecule has 4 rings (SSSR count). The number of imide groups is 1. The first-order chi connectivity index (χ1) is 13.4. The molecule has 0 spiro atoms. The zero-order valence-electron chi connectivity index (χ0n) is 16.3. The van der Waals surface area contributed by atoms with E-state index in [-0.39, 0.29) is 12.5 Å². The molecule has 0 saturated carbocycles. The number of benzene rings is 2. The number of hydrogen-bond donors (Lipinski definition) is 1. The smallest absolute Gasteiger partial charge is 0.325 e. The Morgan fingerprint density at radius 3 is 2.39 bits per heavy atom. The topological polar surface area (TPSA) is 67.9 Å². The molecule has 0 bridgehead atoms. The lowest BCUT2D eigenvalue weighted by molar-refractivity contribution is -0.131. The summed E-state index contributed by atoms with van der Waals surface area (Å²) in [6.07, 6.45) is 0. The maximum absolute atomic E-state index is 13.2. The summed E-state index contributed by atoms with van der Waals surface area (Å²) in [6.45, 7) is 7.19. The molecular weight excluding hydrogens is 356 g/mol. The van der Waals surface area contributed by atoms with Gasteiger partial charge >= 0.3 is 6.03 Å². The highest BCUT2D eigenvalue weighted by molar-refractivity contribution is 6.07. The molecule has 6 heteroatoms. The molecule has 0 unspecified atom stereocenters. The number of amides is 3. The Balaban J connectivity index is 1.57. The minimum atomic E-state index is -1.13. The van der Waals surface area contributed by atoms with E-state index in [1.165, 1.54) is 10.5 Å². The van der Waals surface area contributed by atoms with Crippen molar-refractivity contribution in [2.75, 3.05) is 13.2 Å². The fourth-order valence-electron chi connectivity index (χ4n) is 3.58. The summed E-state index contributed by atoms with van der Waals surface area (Å²) >= 11 is 0. The standard InChI is InChI=1S/C22H24N2O4/c1-14(2)16-6-4-15(5-7-16)13-24-20(25)22(3,23-21(24)26)17-8-9-18-19(12-17)28-11-10-27-18/h4-9,12,14H,10-11,13H2,1-3H3,(H,23,26)/t22-/m1/s1. The van der Waals surface area contributed by atoms with Crippen molar-refractivity contribution in [1.29, 1.82) is 0 Å². The van der Waals surface area contributed by atoms with Gasteiger partial charge in [0, 0.05) is 0 Å². The lowest BCUT2D eigenvalue weighted by Gasteiger charge is -2.25. The molecule has 1 N–H and O–H groups in total. The van der Waals surface area contributed by atoms with Crippen LogP contribution >= 0.6 is 0 Å². The molecule has 2 heterocycles. The SMILES string of the molecule is CC(C)c1ccc(CN2C(=O)N[C@](C)(c3ccc4c(c3)OCCO4)C2=O)cc1. The highest BCUT2D eigenvalue weighted by Crippen LogP contribution is 2.37. The van der Waals surface area contributed by atoms with Crippen molar-refractivity contribution in [2.24, 2.45) is 0 Å². The van der Waals surface area contributed by atoms with Crippen molar-refractivity contribution in [1.82, 2.24) is 10.2 Å². The molecular formula is C22H24N2O4. The van der Waals surface area contributed by atoms with Gasteiger partial charge < -0.3 is 14.8 Å². The second-order valence-electron chi connectivity index (χ2n) is 7.70. The van der Waals surface area contributed by atoms with Gasteiger partial charge in [0.2, 0.25) is 0 Å².